The van der Waals surface area contributed by atoms with Gasteiger partial charge in [0.1, 0.15) is 6.04 Å². The molecule has 0 aliphatic rings. The van der Waals surface area contributed by atoms with E-state index in [1.807, 2.05) is 6.92 Å². The van der Waals surface area contributed by atoms with Crippen LogP contribution >= 0.6 is 0 Å². The van der Waals surface area contributed by atoms with Gasteiger partial charge in [-0.3, -0.25) is 9.59 Å². The summed E-state index contributed by atoms with van der Waals surface area (Å²) < 4.78 is 0. The van der Waals surface area contributed by atoms with Gasteiger partial charge in [-0.2, -0.15) is 0 Å². The molecule has 0 aromatic carbocycles. The molecule has 0 radical (unpaired) electrons. The van der Waals surface area contributed by atoms with Crippen molar-refractivity contribution in [1.82, 2.24) is 10.6 Å². The Morgan fingerprint density at radius 3 is 2.17 bits per heavy atom. The Hall–Kier alpha value is -1.14. The molecule has 136 valence electrons. The molecule has 0 fully saturated rings. The lowest BCUT2D eigenvalue weighted by Gasteiger charge is -2.21. The molecule has 0 aromatic rings. The SMILES string of the molecule is CCCC(C)NC(=O)C(CCCCN)NC(=O)CCCCCN. The van der Waals surface area contributed by atoms with E-state index < -0.39 is 6.04 Å². The molecule has 0 rings (SSSR count). The largest absolute Gasteiger partial charge is 0.352 e. The maximum atomic E-state index is 12.4. The monoisotopic (exact) mass is 328 g/mol. The topological polar surface area (TPSA) is 110 Å². The third-order valence-electron chi connectivity index (χ3n) is 3.82. The quantitative estimate of drug-likeness (QED) is 0.361. The highest BCUT2D eigenvalue weighted by Crippen LogP contribution is 2.05. The Bertz CT molecular complexity index is 324. The second kappa shape index (κ2) is 14.5. The van der Waals surface area contributed by atoms with Gasteiger partial charge in [0.2, 0.25) is 11.8 Å². The van der Waals surface area contributed by atoms with E-state index in [0.717, 1.165) is 44.9 Å². The summed E-state index contributed by atoms with van der Waals surface area (Å²) in [5.41, 5.74) is 10.9. The van der Waals surface area contributed by atoms with E-state index in [0.29, 0.717) is 25.9 Å². The molecule has 6 heteroatoms. The first-order valence-corrected chi connectivity index (χ1v) is 9.05. The third kappa shape index (κ3) is 12.0. The zero-order valence-electron chi connectivity index (χ0n) is 14.9. The van der Waals surface area contributed by atoms with Gasteiger partial charge in [-0.25, -0.2) is 0 Å². The summed E-state index contributed by atoms with van der Waals surface area (Å²) in [4.78, 5) is 24.4. The van der Waals surface area contributed by atoms with E-state index in [-0.39, 0.29) is 17.9 Å². The van der Waals surface area contributed by atoms with Gasteiger partial charge in [0, 0.05) is 12.5 Å². The van der Waals surface area contributed by atoms with Crippen LogP contribution in [0.15, 0.2) is 0 Å². The number of hydrogen-bond acceptors (Lipinski definition) is 4. The van der Waals surface area contributed by atoms with Crippen LogP contribution in [0.3, 0.4) is 0 Å². The van der Waals surface area contributed by atoms with Crippen molar-refractivity contribution in [3.63, 3.8) is 0 Å². The van der Waals surface area contributed by atoms with Crippen LogP contribution in [0.4, 0.5) is 0 Å². The van der Waals surface area contributed by atoms with Crippen LogP contribution in [0.25, 0.3) is 0 Å². The molecule has 0 aliphatic carbocycles. The lowest BCUT2D eigenvalue weighted by atomic mass is 10.1. The lowest BCUT2D eigenvalue weighted by Crippen LogP contribution is -2.49. The third-order valence-corrected chi connectivity index (χ3v) is 3.82. The average Bonchev–Trinajstić information content (AvgIpc) is 2.51. The van der Waals surface area contributed by atoms with Gasteiger partial charge in [-0.15, -0.1) is 0 Å². The minimum absolute atomic E-state index is 0.0573. The van der Waals surface area contributed by atoms with Crippen molar-refractivity contribution in [2.75, 3.05) is 13.1 Å². The first kappa shape index (κ1) is 21.9. The van der Waals surface area contributed by atoms with Crippen LogP contribution in [0, 0.1) is 0 Å². The van der Waals surface area contributed by atoms with E-state index in [2.05, 4.69) is 17.6 Å². The molecule has 23 heavy (non-hydrogen) atoms. The van der Waals surface area contributed by atoms with E-state index in [4.69, 9.17) is 11.5 Å². The molecule has 0 heterocycles. The number of rotatable bonds is 14. The minimum atomic E-state index is -0.456. The summed E-state index contributed by atoms with van der Waals surface area (Å²) in [5, 5.41) is 5.87. The van der Waals surface area contributed by atoms with Crippen molar-refractivity contribution < 1.29 is 9.59 Å². The van der Waals surface area contributed by atoms with Gasteiger partial charge in [-0.1, -0.05) is 19.8 Å². The zero-order chi connectivity index (χ0) is 17.5. The van der Waals surface area contributed by atoms with Crippen molar-refractivity contribution in [3.8, 4) is 0 Å². The normalized spacial score (nSPS) is 13.4. The summed E-state index contributed by atoms with van der Waals surface area (Å²) in [5.74, 6) is -0.142. The molecule has 0 bridgehead atoms. The van der Waals surface area contributed by atoms with Crippen LogP contribution in [-0.4, -0.2) is 37.0 Å². The maximum Gasteiger partial charge on any atom is 0.242 e. The number of unbranched alkanes of at least 4 members (excludes halogenated alkanes) is 3. The fourth-order valence-electron chi connectivity index (χ4n) is 2.48. The van der Waals surface area contributed by atoms with E-state index >= 15 is 0 Å². The highest BCUT2D eigenvalue weighted by Gasteiger charge is 2.21. The summed E-state index contributed by atoms with van der Waals surface area (Å²) in [6.07, 6.45) is 7.43. The van der Waals surface area contributed by atoms with Crippen molar-refractivity contribution in [2.45, 2.75) is 83.7 Å². The number of hydrogen-bond donors (Lipinski definition) is 4. The zero-order valence-corrected chi connectivity index (χ0v) is 14.9. The standard InChI is InChI=1S/C17H36N4O2/c1-3-9-14(2)20-17(23)15(10-6-8-13-19)21-16(22)11-5-4-7-12-18/h14-15H,3-13,18-19H2,1-2H3,(H,20,23)(H,21,22). The molecule has 6 N–H and O–H groups in total. The molecular formula is C17H36N4O2. The van der Waals surface area contributed by atoms with Gasteiger partial charge in [0.25, 0.3) is 0 Å². The maximum absolute atomic E-state index is 12.4. The second-order valence-electron chi connectivity index (χ2n) is 6.20. The van der Waals surface area contributed by atoms with Crippen LogP contribution in [0.5, 0.6) is 0 Å². The smallest absolute Gasteiger partial charge is 0.242 e. The summed E-state index contributed by atoms with van der Waals surface area (Å²) in [6, 6.07) is -0.325. The molecule has 0 aromatic heterocycles. The van der Waals surface area contributed by atoms with Crippen LogP contribution in [0.1, 0.15) is 71.6 Å². The van der Waals surface area contributed by atoms with Gasteiger partial charge in [0.05, 0.1) is 0 Å². The molecule has 6 nitrogen and oxygen atoms in total. The number of carbonyl (C=O) groups excluding carboxylic acids is 2. The Morgan fingerprint density at radius 1 is 0.913 bits per heavy atom. The molecule has 2 unspecified atom stereocenters. The van der Waals surface area contributed by atoms with E-state index in [1.165, 1.54) is 0 Å². The molecule has 0 saturated carbocycles. The van der Waals surface area contributed by atoms with E-state index in [9.17, 15) is 9.59 Å². The molecular weight excluding hydrogens is 292 g/mol. The Morgan fingerprint density at radius 2 is 1.57 bits per heavy atom. The van der Waals surface area contributed by atoms with Crippen molar-refractivity contribution in [1.29, 1.82) is 0 Å². The average molecular weight is 329 g/mol. The summed E-state index contributed by atoms with van der Waals surface area (Å²) >= 11 is 0. The number of nitrogens with one attached hydrogen (secondary N) is 2. The number of carbonyl (C=O) groups is 2. The van der Waals surface area contributed by atoms with E-state index in [1.54, 1.807) is 0 Å². The first-order valence-electron chi connectivity index (χ1n) is 9.05. The van der Waals surface area contributed by atoms with Gasteiger partial charge >= 0.3 is 0 Å². The molecule has 2 atom stereocenters. The second-order valence-corrected chi connectivity index (χ2v) is 6.20. The van der Waals surface area contributed by atoms with Crippen LogP contribution in [0.2, 0.25) is 0 Å². The molecule has 0 saturated heterocycles. The Labute approximate surface area is 141 Å². The predicted octanol–water partition coefficient (Wildman–Crippen LogP) is 1.42. The van der Waals surface area contributed by atoms with Gasteiger partial charge in [-0.05, 0) is 58.5 Å². The van der Waals surface area contributed by atoms with Gasteiger partial charge in [0.15, 0.2) is 0 Å². The summed E-state index contributed by atoms with van der Waals surface area (Å²) in [6.45, 7) is 5.34. The predicted molar refractivity (Wildman–Crippen MR) is 94.9 cm³/mol. The molecule has 0 spiro atoms. The first-order chi connectivity index (χ1) is 11.0. The molecule has 0 aliphatic heterocycles. The number of nitrogens with two attached hydrogens (primary N) is 2. The Balaban J connectivity index is 4.36. The Kier molecular flexibility index (Phi) is 13.7. The highest BCUT2D eigenvalue weighted by atomic mass is 16.2. The van der Waals surface area contributed by atoms with Crippen molar-refractivity contribution >= 4 is 11.8 Å². The minimum Gasteiger partial charge on any atom is -0.352 e. The van der Waals surface area contributed by atoms with Gasteiger partial charge < -0.3 is 22.1 Å². The van der Waals surface area contributed by atoms with Crippen molar-refractivity contribution in [2.24, 2.45) is 11.5 Å². The fraction of sp³-hybridized carbons (Fsp3) is 0.882. The summed E-state index contributed by atoms with van der Waals surface area (Å²) in [7, 11) is 0. The lowest BCUT2D eigenvalue weighted by molar-refractivity contribution is -0.129. The number of amides is 2. The van der Waals surface area contributed by atoms with Crippen LogP contribution < -0.4 is 22.1 Å². The van der Waals surface area contributed by atoms with Crippen LogP contribution in [-0.2, 0) is 9.59 Å². The highest BCUT2D eigenvalue weighted by molar-refractivity contribution is 5.87. The van der Waals surface area contributed by atoms with Crippen molar-refractivity contribution in [3.05, 3.63) is 0 Å². The fourth-order valence-corrected chi connectivity index (χ4v) is 2.48. The molecule has 2 amide bonds.